The third kappa shape index (κ3) is 2.79. The van der Waals surface area contributed by atoms with Gasteiger partial charge in [-0.05, 0) is 18.6 Å². The second-order valence-electron chi connectivity index (χ2n) is 5.05. The van der Waals surface area contributed by atoms with Crippen LogP contribution in [0.15, 0.2) is 24.3 Å². The molecule has 0 spiro atoms. The third-order valence-electron chi connectivity index (χ3n) is 3.54. The Morgan fingerprint density at radius 2 is 1.50 bits per heavy atom. The summed E-state index contributed by atoms with van der Waals surface area (Å²) < 4.78 is 0. The van der Waals surface area contributed by atoms with Gasteiger partial charge in [0.25, 0.3) is 11.8 Å². The van der Waals surface area contributed by atoms with Gasteiger partial charge in [0.1, 0.15) is 0 Å². The lowest BCUT2D eigenvalue weighted by Crippen LogP contribution is -2.35. The minimum absolute atomic E-state index is 0.259. The van der Waals surface area contributed by atoms with Crippen LogP contribution in [0.5, 0.6) is 0 Å². The molecular weight excluding hydrogens is 254 g/mol. The number of carbonyl (C=O) groups excluding carboxylic acids is 3. The minimum atomic E-state index is -0.482. The monoisotopic (exact) mass is 273 g/mol. The molecule has 0 unspecified atom stereocenters. The van der Waals surface area contributed by atoms with Gasteiger partial charge in [0.15, 0.2) is 0 Å². The summed E-state index contributed by atoms with van der Waals surface area (Å²) in [5.41, 5.74) is 0.661. The molecule has 4 heteroatoms. The van der Waals surface area contributed by atoms with E-state index in [1.54, 1.807) is 24.3 Å². The fourth-order valence-corrected chi connectivity index (χ4v) is 2.41. The normalized spacial score (nSPS) is 13.8. The number of rotatable bonds is 6. The van der Waals surface area contributed by atoms with Crippen molar-refractivity contribution in [2.75, 3.05) is 0 Å². The maximum Gasteiger partial charge on any atom is 0.268 e. The fraction of sp³-hybridized carbons (Fsp3) is 0.438. The van der Waals surface area contributed by atoms with Crippen LogP contribution in [0.3, 0.4) is 0 Å². The largest absolute Gasteiger partial charge is 0.274 e. The average molecular weight is 273 g/mol. The van der Waals surface area contributed by atoms with E-state index in [1.807, 2.05) is 0 Å². The topological polar surface area (TPSA) is 54.5 Å². The number of benzene rings is 1. The van der Waals surface area contributed by atoms with Crippen molar-refractivity contribution in [1.82, 2.24) is 4.90 Å². The molecule has 1 aliphatic heterocycles. The van der Waals surface area contributed by atoms with E-state index < -0.39 is 11.8 Å². The molecule has 0 saturated heterocycles. The fourth-order valence-electron chi connectivity index (χ4n) is 2.41. The molecule has 3 amide bonds. The van der Waals surface area contributed by atoms with Crippen molar-refractivity contribution in [2.45, 2.75) is 45.4 Å². The quantitative estimate of drug-likeness (QED) is 0.591. The van der Waals surface area contributed by atoms with Crippen LogP contribution in [0.4, 0.5) is 0 Å². The van der Waals surface area contributed by atoms with Crippen molar-refractivity contribution in [1.29, 1.82) is 0 Å². The molecule has 0 bridgehead atoms. The molecule has 106 valence electrons. The first kappa shape index (κ1) is 14.4. The molecule has 0 N–H and O–H groups in total. The Balaban J connectivity index is 1.95. The van der Waals surface area contributed by atoms with Gasteiger partial charge >= 0.3 is 0 Å². The lowest BCUT2D eigenvalue weighted by atomic mass is 10.1. The number of hydrogen-bond acceptors (Lipinski definition) is 3. The van der Waals surface area contributed by atoms with Gasteiger partial charge in [0.05, 0.1) is 11.1 Å². The number of amides is 3. The predicted octanol–water partition coefficient (Wildman–Crippen LogP) is 3.17. The maximum absolute atomic E-state index is 12.1. The van der Waals surface area contributed by atoms with E-state index in [-0.39, 0.29) is 12.3 Å². The first-order valence-electron chi connectivity index (χ1n) is 7.17. The van der Waals surface area contributed by atoms with Crippen molar-refractivity contribution in [3.8, 4) is 0 Å². The van der Waals surface area contributed by atoms with E-state index in [1.165, 1.54) is 0 Å². The Kier molecular flexibility index (Phi) is 4.66. The van der Waals surface area contributed by atoms with Gasteiger partial charge in [-0.15, -0.1) is 0 Å². The molecule has 1 aliphatic rings. The molecule has 2 rings (SSSR count). The zero-order valence-electron chi connectivity index (χ0n) is 11.7. The van der Waals surface area contributed by atoms with Crippen LogP contribution in [-0.4, -0.2) is 22.6 Å². The SMILES string of the molecule is CCCCCCCC(=O)N1C(=O)c2ccccc2C1=O. The Labute approximate surface area is 118 Å². The van der Waals surface area contributed by atoms with Gasteiger partial charge in [-0.1, -0.05) is 44.7 Å². The summed E-state index contributed by atoms with van der Waals surface area (Å²) in [5, 5.41) is 0. The first-order valence-corrected chi connectivity index (χ1v) is 7.17. The Hall–Kier alpha value is -1.97. The molecule has 1 aromatic carbocycles. The lowest BCUT2D eigenvalue weighted by Gasteiger charge is -2.11. The van der Waals surface area contributed by atoms with E-state index in [4.69, 9.17) is 0 Å². The van der Waals surface area contributed by atoms with Gasteiger partial charge in [-0.2, -0.15) is 0 Å². The molecule has 0 radical (unpaired) electrons. The highest BCUT2D eigenvalue weighted by Gasteiger charge is 2.38. The zero-order chi connectivity index (χ0) is 14.5. The maximum atomic E-state index is 12.1. The smallest absolute Gasteiger partial charge is 0.268 e. The molecule has 0 fully saturated rings. The predicted molar refractivity (Wildman–Crippen MR) is 75.3 cm³/mol. The van der Waals surface area contributed by atoms with Gasteiger partial charge in [0.2, 0.25) is 5.91 Å². The van der Waals surface area contributed by atoms with Gasteiger partial charge in [0, 0.05) is 6.42 Å². The van der Waals surface area contributed by atoms with E-state index in [2.05, 4.69) is 6.92 Å². The van der Waals surface area contributed by atoms with Crippen molar-refractivity contribution < 1.29 is 14.4 Å². The molecule has 0 atom stereocenters. The van der Waals surface area contributed by atoms with Gasteiger partial charge in [-0.3, -0.25) is 14.4 Å². The highest BCUT2D eigenvalue weighted by atomic mass is 16.2. The van der Waals surface area contributed by atoms with E-state index in [0.717, 1.165) is 37.0 Å². The van der Waals surface area contributed by atoms with Crippen LogP contribution in [0.25, 0.3) is 0 Å². The van der Waals surface area contributed by atoms with E-state index in [0.29, 0.717) is 11.1 Å². The Bertz CT molecular complexity index is 501. The summed E-state index contributed by atoms with van der Waals surface area (Å²) in [6.45, 7) is 2.13. The van der Waals surface area contributed by atoms with Crippen molar-refractivity contribution in [3.63, 3.8) is 0 Å². The summed E-state index contributed by atoms with van der Waals surface area (Å²) in [6, 6.07) is 6.57. The second-order valence-corrected chi connectivity index (χ2v) is 5.05. The number of hydrogen-bond donors (Lipinski definition) is 0. The van der Waals surface area contributed by atoms with Crippen LogP contribution in [0.2, 0.25) is 0 Å². The molecule has 20 heavy (non-hydrogen) atoms. The van der Waals surface area contributed by atoms with Crippen molar-refractivity contribution >= 4 is 17.7 Å². The summed E-state index contributed by atoms with van der Waals surface area (Å²) in [6.07, 6.45) is 5.34. The van der Waals surface area contributed by atoms with E-state index >= 15 is 0 Å². The summed E-state index contributed by atoms with van der Waals surface area (Å²) in [5.74, 6) is -1.35. The number of unbranched alkanes of at least 4 members (excludes halogenated alkanes) is 4. The summed E-state index contributed by atoms with van der Waals surface area (Å²) >= 11 is 0. The van der Waals surface area contributed by atoms with Crippen LogP contribution in [0, 0.1) is 0 Å². The zero-order valence-corrected chi connectivity index (χ0v) is 11.7. The highest BCUT2D eigenvalue weighted by molar-refractivity contribution is 6.28. The molecule has 1 heterocycles. The average Bonchev–Trinajstić information content (AvgIpc) is 2.71. The number of fused-ring (bicyclic) bond motifs is 1. The number of imide groups is 3. The molecule has 0 saturated carbocycles. The lowest BCUT2D eigenvalue weighted by molar-refractivity contribution is -0.126. The first-order chi connectivity index (χ1) is 9.66. The third-order valence-corrected chi connectivity index (χ3v) is 3.54. The molecular formula is C16H19NO3. The second kappa shape index (κ2) is 6.46. The van der Waals surface area contributed by atoms with Crippen LogP contribution in [0.1, 0.15) is 66.2 Å². The minimum Gasteiger partial charge on any atom is -0.274 e. The molecule has 0 aliphatic carbocycles. The van der Waals surface area contributed by atoms with Crippen LogP contribution < -0.4 is 0 Å². The van der Waals surface area contributed by atoms with Crippen LogP contribution in [-0.2, 0) is 4.79 Å². The van der Waals surface area contributed by atoms with Crippen LogP contribution >= 0.6 is 0 Å². The highest BCUT2D eigenvalue weighted by Crippen LogP contribution is 2.23. The number of nitrogens with zero attached hydrogens (tertiary/aromatic N) is 1. The van der Waals surface area contributed by atoms with Crippen molar-refractivity contribution in [2.24, 2.45) is 0 Å². The van der Waals surface area contributed by atoms with Gasteiger partial charge < -0.3 is 0 Å². The summed E-state index contributed by atoms with van der Waals surface area (Å²) in [7, 11) is 0. The summed E-state index contributed by atoms with van der Waals surface area (Å²) in [4.78, 5) is 37.0. The number of carbonyl (C=O) groups is 3. The molecule has 4 nitrogen and oxygen atoms in total. The Morgan fingerprint density at radius 1 is 0.950 bits per heavy atom. The standard InChI is InChI=1S/C16H19NO3/c1-2-3-4-5-6-11-14(18)17-15(19)12-9-7-8-10-13(12)16(17)20/h7-10H,2-6,11H2,1H3. The van der Waals surface area contributed by atoms with E-state index in [9.17, 15) is 14.4 Å². The Morgan fingerprint density at radius 3 is 2.05 bits per heavy atom. The molecule has 0 aromatic heterocycles. The molecule has 1 aromatic rings. The van der Waals surface area contributed by atoms with Gasteiger partial charge in [-0.25, -0.2) is 4.90 Å². The van der Waals surface area contributed by atoms with Crippen molar-refractivity contribution in [3.05, 3.63) is 35.4 Å².